The highest BCUT2D eigenvalue weighted by molar-refractivity contribution is 9.10. The largest absolute Gasteiger partial charge is 0.388 e. The standard InChI is InChI=1S/C15H21BrO5S/c1-4-20-12-9-13(21-14(12)15(2,3)17)22(18,19)11-7-5-10(16)6-8-11/h5-8,12-14,17H,4,9H2,1-3H3/t12?,13?,14-/m0/s1. The molecule has 7 heteroatoms. The Morgan fingerprint density at radius 2 is 1.95 bits per heavy atom. The summed E-state index contributed by atoms with van der Waals surface area (Å²) in [6, 6.07) is 6.43. The molecule has 1 saturated heterocycles. The molecule has 0 spiro atoms. The molecular weight excluding hydrogens is 372 g/mol. The molecular formula is C15H21BrO5S. The second-order valence-corrected chi connectivity index (χ2v) is 8.87. The zero-order valence-electron chi connectivity index (χ0n) is 12.8. The molecule has 1 N–H and O–H groups in total. The van der Waals surface area contributed by atoms with Gasteiger partial charge in [0, 0.05) is 17.5 Å². The first kappa shape index (κ1) is 17.9. The van der Waals surface area contributed by atoms with Crippen LogP contribution in [0.2, 0.25) is 0 Å². The highest BCUT2D eigenvalue weighted by Crippen LogP contribution is 2.35. The average Bonchev–Trinajstić information content (AvgIpc) is 2.84. The van der Waals surface area contributed by atoms with Crippen molar-refractivity contribution in [1.29, 1.82) is 0 Å². The van der Waals surface area contributed by atoms with Crippen molar-refractivity contribution in [3.8, 4) is 0 Å². The lowest BCUT2D eigenvalue weighted by atomic mass is 9.97. The lowest BCUT2D eigenvalue weighted by Gasteiger charge is -2.29. The smallest absolute Gasteiger partial charge is 0.205 e. The summed E-state index contributed by atoms with van der Waals surface area (Å²) >= 11 is 3.28. The molecule has 1 fully saturated rings. The monoisotopic (exact) mass is 392 g/mol. The van der Waals surface area contributed by atoms with Crippen LogP contribution in [0.4, 0.5) is 0 Å². The van der Waals surface area contributed by atoms with Crippen molar-refractivity contribution < 1.29 is 23.0 Å². The summed E-state index contributed by atoms with van der Waals surface area (Å²) in [6.45, 7) is 5.46. The van der Waals surface area contributed by atoms with Gasteiger partial charge in [-0.05, 0) is 45.0 Å². The van der Waals surface area contributed by atoms with Crippen LogP contribution >= 0.6 is 15.9 Å². The van der Waals surface area contributed by atoms with Crippen molar-refractivity contribution in [2.24, 2.45) is 0 Å². The van der Waals surface area contributed by atoms with Crippen LogP contribution in [0.1, 0.15) is 27.2 Å². The van der Waals surface area contributed by atoms with Crippen LogP contribution in [0.5, 0.6) is 0 Å². The van der Waals surface area contributed by atoms with E-state index in [1.807, 2.05) is 6.92 Å². The Labute approximate surface area is 139 Å². The molecule has 1 aromatic carbocycles. The number of ether oxygens (including phenoxy) is 2. The molecule has 0 radical (unpaired) electrons. The van der Waals surface area contributed by atoms with Gasteiger partial charge in [-0.1, -0.05) is 15.9 Å². The fourth-order valence-electron chi connectivity index (χ4n) is 2.59. The normalized spacial score (nSPS) is 26.3. The summed E-state index contributed by atoms with van der Waals surface area (Å²) in [4.78, 5) is 0.201. The molecule has 0 amide bonds. The van der Waals surface area contributed by atoms with Gasteiger partial charge in [-0.2, -0.15) is 0 Å². The summed E-state index contributed by atoms with van der Waals surface area (Å²) in [7, 11) is -3.63. The van der Waals surface area contributed by atoms with Gasteiger partial charge in [-0.3, -0.25) is 0 Å². The van der Waals surface area contributed by atoms with Gasteiger partial charge in [0.1, 0.15) is 6.10 Å². The van der Waals surface area contributed by atoms with Gasteiger partial charge in [-0.25, -0.2) is 8.42 Å². The van der Waals surface area contributed by atoms with Crippen molar-refractivity contribution in [2.75, 3.05) is 6.61 Å². The van der Waals surface area contributed by atoms with Crippen molar-refractivity contribution in [1.82, 2.24) is 0 Å². The van der Waals surface area contributed by atoms with Gasteiger partial charge < -0.3 is 14.6 Å². The van der Waals surface area contributed by atoms with E-state index in [9.17, 15) is 13.5 Å². The predicted octanol–water partition coefficient (Wildman–Crippen LogP) is 2.51. The van der Waals surface area contributed by atoms with E-state index in [0.717, 1.165) is 4.47 Å². The summed E-state index contributed by atoms with van der Waals surface area (Å²) in [5.41, 5.74) is -2.19. The first-order valence-electron chi connectivity index (χ1n) is 7.15. The van der Waals surface area contributed by atoms with Crippen molar-refractivity contribution >= 4 is 25.8 Å². The number of rotatable bonds is 5. The van der Waals surface area contributed by atoms with Gasteiger partial charge in [0.05, 0.1) is 16.6 Å². The SMILES string of the molecule is CCOC1CC(S(=O)(=O)c2ccc(Br)cc2)O[C@@H]1C(C)(C)O. The molecule has 1 aliphatic heterocycles. The number of hydrogen-bond acceptors (Lipinski definition) is 5. The van der Waals surface area contributed by atoms with Crippen LogP contribution in [0.25, 0.3) is 0 Å². The molecule has 1 aromatic rings. The third kappa shape index (κ3) is 3.71. The maximum absolute atomic E-state index is 12.7. The average molecular weight is 393 g/mol. The van der Waals surface area contributed by atoms with Crippen LogP contribution in [-0.4, -0.2) is 43.4 Å². The van der Waals surface area contributed by atoms with Crippen LogP contribution < -0.4 is 0 Å². The van der Waals surface area contributed by atoms with E-state index in [4.69, 9.17) is 9.47 Å². The van der Waals surface area contributed by atoms with Gasteiger partial charge in [0.2, 0.25) is 9.84 Å². The number of halogens is 1. The quantitative estimate of drug-likeness (QED) is 0.832. The Morgan fingerprint density at radius 1 is 1.36 bits per heavy atom. The van der Waals surface area contributed by atoms with E-state index in [1.165, 1.54) is 12.1 Å². The minimum Gasteiger partial charge on any atom is -0.388 e. The van der Waals surface area contributed by atoms with E-state index < -0.39 is 33.1 Å². The molecule has 0 bridgehead atoms. The molecule has 0 aromatic heterocycles. The molecule has 1 aliphatic rings. The van der Waals surface area contributed by atoms with Crippen LogP contribution in [0, 0.1) is 0 Å². The van der Waals surface area contributed by atoms with Crippen LogP contribution in [-0.2, 0) is 19.3 Å². The first-order chi connectivity index (χ1) is 10.2. The topological polar surface area (TPSA) is 72.8 Å². The first-order valence-corrected chi connectivity index (χ1v) is 9.49. The van der Waals surface area contributed by atoms with Gasteiger partial charge in [0.25, 0.3) is 0 Å². The van der Waals surface area contributed by atoms with E-state index in [0.29, 0.717) is 6.61 Å². The Bertz CT molecular complexity index is 606. The summed E-state index contributed by atoms with van der Waals surface area (Å²) < 4.78 is 37.4. The van der Waals surface area contributed by atoms with Crippen LogP contribution in [0.3, 0.4) is 0 Å². The maximum atomic E-state index is 12.7. The fourth-order valence-corrected chi connectivity index (χ4v) is 4.38. The number of sulfone groups is 1. The third-order valence-corrected chi connectivity index (χ3v) is 6.08. The maximum Gasteiger partial charge on any atom is 0.205 e. The predicted molar refractivity (Wildman–Crippen MR) is 86.3 cm³/mol. The molecule has 3 atom stereocenters. The molecule has 0 saturated carbocycles. The Hall–Kier alpha value is -0.470. The number of hydrogen-bond donors (Lipinski definition) is 1. The van der Waals surface area contributed by atoms with Crippen LogP contribution in [0.15, 0.2) is 33.6 Å². The lowest BCUT2D eigenvalue weighted by Crippen LogP contribution is -2.43. The second kappa shape index (κ2) is 6.57. The highest BCUT2D eigenvalue weighted by atomic mass is 79.9. The van der Waals surface area contributed by atoms with Gasteiger partial charge >= 0.3 is 0 Å². The van der Waals surface area contributed by atoms with Crippen molar-refractivity contribution in [3.05, 3.63) is 28.7 Å². The van der Waals surface area contributed by atoms with E-state index >= 15 is 0 Å². The molecule has 22 heavy (non-hydrogen) atoms. The molecule has 2 rings (SSSR count). The molecule has 1 heterocycles. The summed E-state index contributed by atoms with van der Waals surface area (Å²) in [5.74, 6) is 0. The number of aliphatic hydroxyl groups is 1. The molecule has 0 aliphatic carbocycles. The van der Waals surface area contributed by atoms with E-state index in [2.05, 4.69) is 15.9 Å². The highest BCUT2D eigenvalue weighted by Gasteiger charge is 2.48. The molecule has 124 valence electrons. The van der Waals surface area contributed by atoms with Crippen molar-refractivity contribution in [2.45, 2.75) is 55.3 Å². The Kier molecular flexibility index (Phi) is 5.34. The van der Waals surface area contributed by atoms with Gasteiger partial charge in [0.15, 0.2) is 5.44 Å². The number of benzene rings is 1. The molecule has 5 nitrogen and oxygen atoms in total. The summed E-state index contributed by atoms with van der Waals surface area (Å²) in [6.07, 6.45) is -0.913. The lowest BCUT2D eigenvalue weighted by molar-refractivity contribution is -0.113. The fraction of sp³-hybridized carbons (Fsp3) is 0.600. The Morgan fingerprint density at radius 3 is 2.45 bits per heavy atom. The minimum absolute atomic E-state index is 0.201. The van der Waals surface area contributed by atoms with E-state index in [-0.39, 0.29) is 11.3 Å². The minimum atomic E-state index is -3.63. The van der Waals surface area contributed by atoms with Crippen molar-refractivity contribution in [3.63, 3.8) is 0 Å². The zero-order chi connectivity index (χ0) is 16.5. The van der Waals surface area contributed by atoms with E-state index in [1.54, 1.807) is 26.0 Å². The third-order valence-electron chi connectivity index (χ3n) is 3.63. The Balaban J connectivity index is 2.27. The summed E-state index contributed by atoms with van der Waals surface area (Å²) in [5, 5.41) is 10.2. The zero-order valence-corrected chi connectivity index (χ0v) is 15.2. The molecule has 2 unspecified atom stereocenters. The second-order valence-electron chi connectivity index (χ2n) is 5.87. The van der Waals surface area contributed by atoms with Gasteiger partial charge in [-0.15, -0.1) is 0 Å².